The van der Waals surface area contributed by atoms with Crippen molar-refractivity contribution < 1.29 is 4.74 Å². The number of thiazole rings is 1. The van der Waals surface area contributed by atoms with Crippen molar-refractivity contribution in [3.8, 4) is 10.9 Å². The second-order valence-corrected chi connectivity index (χ2v) is 3.72. The first-order valence-electron chi connectivity index (χ1n) is 3.85. The van der Waals surface area contributed by atoms with Gasteiger partial charge in [0.2, 0.25) is 0 Å². The Morgan fingerprint density at radius 1 is 1.38 bits per heavy atom. The molecule has 0 bridgehead atoms. The van der Waals surface area contributed by atoms with Crippen LogP contribution in [0.25, 0.3) is 0 Å². The number of rotatable bonds is 2. The molecule has 3 nitrogen and oxygen atoms in total. The summed E-state index contributed by atoms with van der Waals surface area (Å²) >= 11 is 1.52. The molecule has 0 saturated carbocycles. The number of hydrogen-bond donors (Lipinski definition) is 0. The predicted octanol–water partition coefficient (Wildman–Crippen LogP) is 2.64. The van der Waals surface area contributed by atoms with Crippen LogP contribution in [0.2, 0.25) is 0 Å². The summed E-state index contributed by atoms with van der Waals surface area (Å²) in [6, 6.07) is 3.68. The van der Waals surface area contributed by atoms with E-state index in [1.807, 2.05) is 19.1 Å². The maximum atomic E-state index is 5.44. The summed E-state index contributed by atoms with van der Waals surface area (Å²) in [7, 11) is 0. The maximum absolute atomic E-state index is 5.44. The number of aryl methyl sites for hydroxylation is 1. The van der Waals surface area contributed by atoms with E-state index < -0.39 is 0 Å². The molecule has 0 N–H and O–H groups in total. The van der Waals surface area contributed by atoms with E-state index in [2.05, 4.69) is 9.97 Å². The standard InChI is InChI=1S/C9H8N2OS/c1-7-5-11-9(13-7)12-8-3-2-4-10-6-8/h2-6H,1H3. The Morgan fingerprint density at radius 3 is 2.92 bits per heavy atom. The van der Waals surface area contributed by atoms with Gasteiger partial charge in [-0.25, -0.2) is 4.98 Å². The van der Waals surface area contributed by atoms with Gasteiger partial charge in [0.05, 0.1) is 6.20 Å². The second kappa shape index (κ2) is 3.53. The van der Waals surface area contributed by atoms with E-state index in [9.17, 15) is 0 Å². The zero-order valence-corrected chi connectivity index (χ0v) is 7.91. The van der Waals surface area contributed by atoms with Gasteiger partial charge in [0.1, 0.15) is 5.75 Å². The molecular formula is C9H8N2OS. The Morgan fingerprint density at radius 2 is 2.31 bits per heavy atom. The largest absolute Gasteiger partial charge is 0.429 e. The van der Waals surface area contributed by atoms with E-state index in [0.717, 1.165) is 10.6 Å². The lowest BCUT2D eigenvalue weighted by atomic mass is 10.5. The first-order valence-corrected chi connectivity index (χ1v) is 4.66. The van der Waals surface area contributed by atoms with Gasteiger partial charge in [0, 0.05) is 17.3 Å². The highest BCUT2D eigenvalue weighted by Gasteiger charge is 2.00. The molecule has 0 amide bonds. The quantitative estimate of drug-likeness (QED) is 0.733. The summed E-state index contributed by atoms with van der Waals surface area (Å²) < 4.78 is 5.44. The van der Waals surface area contributed by atoms with Gasteiger partial charge >= 0.3 is 0 Å². The molecule has 13 heavy (non-hydrogen) atoms. The minimum Gasteiger partial charge on any atom is -0.429 e. The van der Waals surface area contributed by atoms with Crippen LogP contribution in [-0.4, -0.2) is 9.97 Å². The third kappa shape index (κ3) is 2.03. The summed E-state index contributed by atoms with van der Waals surface area (Å²) in [5.41, 5.74) is 0. The van der Waals surface area contributed by atoms with Crippen molar-refractivity contribution >= 4 is 11.3 Å². The summed E-state index contributed by atoms with van der Waals surface area (Å²) in [6.07, 6.45) is 5.16. The molecule has 0 unspecified atom stereocenters. The molecule has 0 aliphatic carbocycles. The van der Waals surface area contributed by atoms with E-state index >= 15 is 0 Å². The van der Waals surface area contributed by atoms with E-state index in [0.29, 0.717) is 5.19 Å². The monoisotopic (exact) mass is 192 g/mol. The van der Waals surface area contributed by atoms with E-state index in [1.54, 1.807) is 18.6 Å². The molecule has 0 atom stereocenters. The third-order valence-corrected chi connectivity index (χ3v) is 2.23. The number of nitrogens with zero attached hydrogens (tertiary/aromatic N) is 2. The molecule has 4 heteroatoms. The van der Waals surface area contributed by atoms with Crippen molar-refractivity contribution in [2.75, 3.05) is 0 Å². The molecule has 0 aliphatic rings. The lowest BCUT2D eigenvalue weighted by Gasteiger charge is -1.98. The Hall–Kier alpha value is -1.42. The van der Waals surface area contributed by atoms with E-state index in [1.165, 1.54) is 11.3 Å². The Kier molecular flexibility index (Phi) is 2.23. The van der Waals surface area contributed by atoms with Gasteiger partial charge in [0.15, 0.2) is 0 Å². The van der Waals surface area contributed by atoms with Crippen molar-refractivity contribution in [1.82, 2.24) is 9.97 Å². The van der Waals surface area contributed by atoms with Crippen molar-refractivity contribution in [3.05, 3.63) is 35.6 Å². The Balaban J connectivity index is 2.15. The van der Waals surface area contributed by atoms with Gasteiger partial charge in [-0.1, -0.05) is 11.3 Å². The van der Waals surface area contributed by atoms with Crippen LogP contribution in [-0.2, 0) is 0 Å². The van der Waals surface area contributed by atoms with Gasteiger partial charge in [0.25, 0.3) is 5.19 Å². The highest BCUT2D eigenvalue weighted by molar-refractivity contribution is 7.13. The molecule has 2 aromatic rings. The van der Waals surface area contributed by atoms with Crippen LogP contribution >= 0.6 is 11.3 Å². The molecule has 2 aromatic heterocycles. The molecule has 0 fully saturated rings. The first-order chi connectivity index (χ1) is 6.34. The Bertz CT molecular complexity index is 386. The summed E-state index contributed by atoms with van der Waals surface area (Å²) in [4.78, 5) is 9.16. The molecule has 0 spiro atoms. The first kappa shape index (κ1) is 8.19. The highest BCUT2D eigenvalue weighted by atomic mass is 32.1. The molecule has 0 radical (unpaired) electrons. The van der Waals surface area contributed by atoms with Crippen LogP contribution in [0.15, 0.2) is 30.7 Å². The summed E-state index contributed by atoms with van der Waals surface area (Å²) in [5.74, 6) is 0.719. The molecule has 0 aromatic carbocycles. The molecular weight excluding hydrogens is 184 g/mol. The fraction of sp³-hybridized carbons (Fsp3) is 0.111. The SMILES string of the molecule is Cc1cnc(Oc2cccnc2)s1. The second-order valence-electron chi connectivity index (χ2n) is 2.53. The lowest BCUT2D eigenvalue weighted by molar-refractivity contribution is 0.476. The number of pyridine rings is 1. The van der Waals surface area contributed by atoms with Crippen LogP contribution in [0, 0.1) is 6.92 Å². The minimum atomic E-state index is 0.658. The van der Waals surface area contributed by atoms with Gasteiger partial charge in [-0.2, -0.15) is 0 Å². The van der Waals surface area contributed by atoms with Gasteiger partial charge < -0.3 is 4.74 Å². The predicted molar refractivity (Wildman–Crippen MR) is 51.2 cm³/mol. The zero-order chi connectivity index (χ0) is 9.10. The zero-order valence-electron chi connectivity index (χ0n) is 7.10. The van der Waals surface area contributed by atoms with Crippen molar-refractivity contribution in [2.24, 2.45) is 0 Å². The number of hydrogen-bond acceptors (Lipinski definition) is 4. The average Bonchev–Trinajstić information content (AvgIpc) is 2.53. The third-order valence-electron chi connectivity index (χ3n) is 1.44. The molecule has 66 valence electrons. The molecule has 2 rings (SSSR count). The van der Waals surface area contributed by atoms with Crippen LogP contribution < -0.4 is 4.74 Å². The topological polar surface area (TPSA) is 35.0 Å². The number of aromatic nitrogens is 2. The van der Waals surface area contributed by atoms with Gasteiger partial charge in [-0.05, 0) is 19.1 Å². The van der Waals surface area contributed by atoms with Crippen molar-refractivity contribution in [1.29, 1.82) is 0 Å². The van der Waals surface area contributed by atoms with Gasteiger partial charge in [-0.3, -0.25) is 4.98 Å². The van der Waals surface area contributed by atoms with Crippen LogP contribution in [0.3, 0.4) is 0 Å². The maximum Gasteiger partial charge on any atom is 0.278 e. The minimum absolute atomic E-state index is 0.658. The highest BCUT2D eigenvalue weighted by Crippen LogP contribution is 2.24. The van der Waals surface area contributed by atoms with Crippen molar-refractivity contribution in [3.63, 3.8) is 0 Å². The van der Waals surface area contributed by atoms with Crippen molar-refractivity contribution in [2.45, 2.75) is 6.92 Å². The van der Waals surface area contributed by atoms with Crippen LogP contribution in [0.5, 0.6) is 10.9 Å². The fourth-order valence-electron chi connectivity index (χ4n) is 0.889. The number of ether oxygens (including phenoxy) is 1. The lowest BCUT2D eigenvalue weighted by Crippen LogP contribution is -1.82. The molecule has 0 saturated heterocycles. The summed E-state index contributed by atoms with van der Waals surface area (Å²) in [5, 5.41) is 0.658. The Labute approximate surface area is 80.0 Å². The van der Waals surface area contributed by atoms with Gasteiger partial charge in [-0.15, -0.1) is 0 Å². The van der Waals surface area contributed by atoms with E-state index in [-0.39, 0.29) is 0 Å². The molecule has 0 aliphatic heterocycles. The smallest absolute Gasteiger partial charge is 0.278 e. The van der Waals surface area contributed by atoms with Crippen LogP contribution in [0.4, 0.5) is 0 Å². The fourth-order valence-corrected chi connectivity index (χ4v) is 1.51. The van der Waals surface area contributed by atoms with Crippen LogP contribution in [0.1, 0.15) is 4.88 Å². The normalized spacial score (nSPS) is 9.92. The average molecular weight is 192 g/mol. The summed E-state index contributed by atoms with van der Waals surface area (Å²) in [6.45, 7) is 1.99. The molecule has 2 heterocycles. The van der Waals surface area contributed by atoms with E-state index in [4.69, 9.17) is 4.74 Å².